The number of nitrogens with two attached hydrogens (primary N) is 1. The Balaban J connectivity index is 2.66. The fraction of sp³-hybridized carbons (Fsp3) is 0.222. The van der Waals surface area contributed by atoms with Crippen LogP contribution in [0, 0.1) is 6.42 Å². The van der Waals surface area contributed by atoms with E-state index in [1.165, 1.54) is 0 Å². The molecule has 0 fully saturated rings. The van der Waals surface area contributed by atoms with E-state index in [4.69, 9.17) is 10.5 Å². The van der Waals surface area contributed by atoms with Crippen molar-refractivity contribution in [1.29, 1.82) is 0 Å². The van der Waals surface area contributed by atoms with Gasteiger partial charge in [0.2, 0.25) is 0 Å². The summed E-state index contributed by atoms with van der Waals surface area (Å²) in [4.78, 5) is 0. The molecule has 11 heavy (non-hydrogen) atoms. The Morgan fingerprint density at radius 3 is 2.45 bits per heavy atom. The molecule has 2 nitrogen and oxygen atoms in total. The minimum atomic E-state index is 0.576. The number of benzene rings is 1. The highest BCUT2D eigenvalue weighted by molar-refractivity contribution is 5.31. The molecule has 0 atom stereocenters. The van der Waals surface area contributed by atoms with E-state index in [9.17, 15) is 0 Å². The van der Waals surface area contributed by atoms with Crippen LogP contribution in [0.15, 0.2) is 24.3 Å². The van der Waals surface area contributed by atoms with E-state index in [-0.39, 0.29) is 0 Å². The first-order valence-electron chi connectivity index (χ1n) is 3.54. The second kappa shape index (κ2) is 3.98. The predicted molar refractivity (Wildman–Crippen MR) is 45.5 cm³/mol. The molecule has 0 amide bonds. The van der Waals surface area contributed by atoms with E-state index >= 15 is 0 Å². The Hall–Kier alpha value is -1.02. The van der Waals surface area contributed by atoms with Gasteiger partial charge < -0.3 is 10.5 Å². The first-order chi connectivity index (χ1) is 5.36. The van der Waals surface area contributed by atoms with Crippen LogP contribution in [-0.2, 0) is 0 Å². The lowest BCUT2D eigenvalue weighted by molar-refractivity contribution is 0.414. The minimum Gasteiger partial charge on any atom is -0.497 e. The average Bonchev–Trinajstić information content (AvgIpc) is 2.07. The van der Waals surface area contributed by atoms with Gasteiger partial charge in [-0.2, -0.15) is 0 Å². The van der Waals surface area contributed by atoms with Crippen LogP contribution < -0.4 is 10.5 Å². The van der Waals surface area contributed by atoms with E-state index in [0.29, 0.717) is 6.54 Å². The third-order valence-corrected chi connectivity index (χ3v) is 1.47. The van der Waals surface area contributed by atoms with Crippen molar-refractivity contribution in [1.82, 2.24) is 0 Å². The molecule has 0 saturated carbocycles. The van der Waals surface area contributed by atoms with Gasteiger partial charge in [0.1, 0.15) is 5.75 Å². The maximum atomic E-state index is 5.34. The van der Waals surface area contributed by atoms with Crippen LogP contribution in [0.3, 0.4) is 0 Å². The van der Waals surface area contributed by atoms with Gasteiger partial charge in [-0.3, -0.25) is 0 Å². The van der Waals surface area contributed by atoms with Crippen LogP contribution in [0.5, 0.6) is 5.75 Å². The Morgan fingerprint density at radius 2 is 2.00 bits per heavy atom. The summed E-state index contributed by atoms with van der Waals surface area (Å²) in [5, 5.41) is 0. The van der Waals surface area contributed by atoms with Gasteiger partial charge in [0.25, 0.3) is 0 Å². The third-order valence-electron chi connectivity index (χ3n) is 1.47. The summed E-state index contributed by atoms with van der Waals surface area (Å²) < 4.78 is 5.00. The number of hydrogen-bond donors (Lipinski definition) is 1. The molecule has 1 aromatic carbocycles. The van der Waals surface area contributed by atoms with Crippen molar-refractivity contribution in [3.05, 3.63) is 36.2 Å². The molecule has 0 bridgehead atoms. The summed E-state index contributed by atoms with van der Waals surface area (Å²) in [6.45, 7) is 0.576. The molecule has 1 radical (unpaired) electrons. The van der Waals surface area contributed by atoms with Crippen LogP contribution in [0.2, 0.25) is 0 Å². The van der Waals surface area contributed by atoms with Crippen LogP contribution in [0.25, 0.3) is 0 Å². The zero-order valence-corrected chi connectivity index (χ0v) is 6.58. The molecule has 0 heterocycles. The number of ether oxygens (including phenoxy) is 1. The van der Waals surface area contributed by atoms with E-state index in [0.717, 1.165) is 11.3 Å². The van der Waals surface area contributed by atoms with Crippen LogP contribution >= 0.6 is 0 Å². The van der Waals surface area contributed by atoms with Crippen molar-refractivity contribution in [3.63, 3.8) is 0 Å². The summed E-state index contributed by atoms with van der Waals surface area (Å²) in [7, 11) is 1.65. The second-order valence-corrected chi connectivity index (χ2v) is 2.21. The van der Waals surface area contributed by atoms with Gasteiger partial charge >= 0.3 is 0 Å². The number of methoxy groups -OCH3 is 1. The smallest absolute Gasteiger partial charge is 0.118 e. The van der Waals surface area contributed by atoms with E-state index < -0.39 is 0 Å². The fourth-order valence-electron chi connectivity index (χ4n) is 0.876. The molecule has 2 N–H and O–H groups in total. The van der Waals surface area contributed by atoms with Crippen molar-refractivity contribution >= 4 is 0 Å². The quantitative estimate of drug-likeness (QED) is 0.702. The summed E-state index contributed by atoms with van der Waals surface area (Å²) in [5.41, 5.74) is 6.48. The van der Waals surface area contributed by atoms with Gasteiger partial charge in [0, 0.05) is 6.42 Å². The molecule has 0 saturated heterocycles. The molecule has 0 aliphatic carbocycles. The second-order valence-electron chi connectivity index (χ2n) is 2.21. The molecule has 0 aliphatic rings. The molecule has 0 unspecified atom stereocenters. The molecule has 59 valence electrons. The summed E-state index contributed by atoms with van der Waals surface area (Å²) >= 11 is 0. The largest absolute Gasteiger partial charge is 0.497 e. The fourth-order valence-corrected chi connectivity index (χ4v) is 0.876. The highest BCUT2D eigenvalue weighted by Gasteiger charge is 1.91. The molecular formula is C9H12NO. The van der Waals surface area contributed by atoms with Crippen molar-refractivity contribution in [3.8, 4) is 5.75 Å². The molecule has 1 aromatic rings. The molecular weight excluding hydrogens is 138 g/mol. The maximum Gasteiger partial charge on any atom is 0.118 e. The topological polar surface area (TPSA) is 35.2 Å². The van der Waals surface area contributed by atoms with Gasteiger partial charge in [-0.1, -0.05) is 12.1 Å². The van der Waals surface area contributed by atoms with Crippen molar-refractivity contribution in [2.45, 2.75) is 0 Å². The molecule has 0 aliphatic heterocycles. The van der Waals surface area contributed by atoms with Crippen LogP contribution in [0.1, 0.15) is 5.56 Å². The first kappa shape index (κ1) is 8.08. The number of rotatable bonds is 3. The zero-order valence-electron chi connectivity index (χ0n) is 6.58. The average molecular weight is 150 g/mol. The lowest BCUT2D eigenvalue weighted by Gasteiger charge is -2.00. The Morgan fingerprint density at radius 1 is 1.36 bits per heavy atom. The predicted octanol–water partition coefficient (Wildman–Crippen LogP) is 1.21. The van der Waals surface area contributed by atoms with Gasteiger partial charge in [-0.15, -0.1) is 0 Å². The lowest BCUT2D eigenvalue weighted by atomic mass is 10.1. The Bertz CT molecular complexity index is 205. The molecule has 2 heteroatoms. The van der Waals surface area contributed by atoms with Crippen LogP contribution in [0.4, 0.5) is 0 Å². The minimum absolute atomic E-state index is 0.576. The highest BCUT2D eigenvalue weighted by Crippen LogP contribution is 2.11. The Labute approximate surface area is 67.0 Å². The van der Waals surface area contributed by atoms with E-state index in [2.05, 4.69) is 0 Å². The normalized spacial score (nSPS) is 9.64. The summed E-state index contributed by atoms with van der Waals surface area (Å²) in [6, 6.07) is 7.79. The first-order valence-corrected chi connectivity index (χ1v) is 3.54. The molecule has 0 aromatic heterocycles. The summed E-state index contributed by atoms with van der Waals surface area (Å²) in [5.74, 6) is 0.874. The lowest BCUT2D eigenvalue weighted by Crippen LogP contribution is -1.99. The van der Waals surface area contributed by atoms with Crippen molar-refractivity contribution in [2.75, 3.05) is 13.7 Å². The van der Waals surface area contributed by atoms with Gasteiger partial charge in [-0.25, -0.2) is 0 Å². The standard InChI is InChI=1S/C9H12NO/c1-11-9-4-2-8(3-5-9)6-7-10/h2-6H,7,10H2,1H3. The SMILES string of the molecule is COc1ccc([CH]CN)cc1. The van der Waals surface area contributed by atoms with Gasteiger partial charge in [0.15, 0.2) is 0 Å². The van der Waals surface area contributed by atoms with E-state index in [1.54, 1.807) is 7.11 Å². The van der Waals surface area contributed by atoms with Gasteiger partial charge in [-0.05, 0) is 24.2 Å². The Kier molecular flexibility index (Phi) is 2.93. The van der Waals surface area contributed by atoms with Crippen LogP contribution in [-0.4, -0.2) is 13.7 Å². The third kappa shape index (κ3) is 2.24. The molecule has 1 rings (SSSR count). The summed E-state index contributed by atoms with van der Waals surface area (Å²) in [6.07, 6.45) is 1.96. The highest BCUT2D eigenvalue weighted by atomic mass is 16.5. The van der Waals surface area contributed by atoms with Crippen molar-refractivity contribution < 1.29 is 4.74 Å². The van der Waals surface area contributed by atoms with Crippen molar-refractivity contribution in [2.24, 2.45) is 5.73 Å². The monoisotopic (exact) mass is 150 g/mol. The number of hydrogen-bond acceptors (Lipinski definition) is 2. The van der Waals surface area contributed by atoms with Gasteiger partial charge in [0.05, 0.1) is 7.11 Å². The zero-order chi connectivity index (χ0) is 8.10. The van der Waals surface area contributed by atoms with E-state index in [1.807, 2.05) is 30.7 Å². The maximum absolute atomic E-state index is 5.34. The molecule has 0 spiro atoms.